The van der Waals surface area contributed by atoms with Gasteiger partial charge in [0, 0.05) is 47.5 Å². The van der Waals surface area contributed by atoms with Crippen LogP contribution in [-0.4, -0.2) is 64.1 Å². The molecule has 0 fully saturated rings. The number of halogens is 1. The first-order valence-corrected chi connectivity index (χ1v) is 6.17. The van der Waals surface area contributed by atoms with Gasteiger partial charge < -0.3 is 14.7 Å². The van der Waals surface area contributed by atoms with Crippen LogP contribution in [0.4, 0.5) is 5.69 Å². The van der Waals surface area contributed by atoms with Crippen molar-refractivity contribution in [2.24, 2.45) is 4.99 Å². The summed E-state index contributed by atoms with van der Waals surface area (Å²) in [5.74, 6) is 0.997. The van der Waals surface area contributed by atoms with Crippen LogP contribution in [0.25, 0.3) is 0 Å². The number of aliphatic imine (C=N–C) groups is 1. The minimum atomic E-state index is 0. The van der Waals surface area contributed by atoms with E-state index in [9.17, 15) is 0 Å². The molecule has 5 heteroatoms. The number of para-hydroxylation sites is 1. The first kappa shape index (κ1) is 18.0. The van der Waals surface area contributed by atoms with E-state index in [1.807, 2.05) is 44.1 Å². The molecule has 0 aromatic heterocycles. The molecule has 0 aliphatic rings. The fraction of sp³-hybridized carbons (Fsp3) is 0.500. The van der Waals surface area contributed by atoms with Crippen LogP contribution in [0.3, 0.4) is 0 Å². The highest BCUT2D eigenvalue weighted by Crippen LogP contribution is 2.10. The molecule has 19 heavy (non-hydrogen) atoms. The van der Waals surface area contributed by atoms with E-state index in [1.54, 1.807) is 0 Å². The zero-order valence-corrected chi connectivity index (χ0v) is 14.8. The largest absolute Gasteiger partial charge is 0.373 e. The van der Waals surface area contributed by atoms with Crippen LogP contribution < -0.4 is 4.90 Å². The quantitative estimate of drug-likeness (QED) is 0.457. The molecule has 0 spiro atoms. The minimum absolute atomic E-state index is 0. The van der Waals surface area contributed by atoms with Crippen molar-refractivity contribution >= 4 is 35.6 Å². The average Bonchev–Trinajstić information content (AvgIpc) is 2.34. The van der Waals surface area contributed by atoms with Gasteiger partial charge in [0.15, 0.2) is 5.96 Å². The van der Waals surface area contributed by atoms with E-state index in [0.29, 0.717) is 0 Å². The van der Waals surface area contributed by atoms with Gasteiger partial charge in [-0.2, -0.15) is 0 Å². The minimum Gasteiger partial charge on any atom is -0.373 e. The van der Waals surface area contributed by atoms with Gasteiger partial charge in [-0.05, 0) is 12.1 Å². The smallest absolute Gasteiger partial charge is 0.195 e. The van der Waals surface area contributed by atoms with E-state index in [-0.39, 0.29) is 24.0 Å². The fourth-order valence-corrected chi connectivity index (χ4v) is 1.79. The van der Waals surface area contributed by atoms with Gasteiger partial charge in [0.2, 0.25) is 0 Å². The Morgan fingerprint density at radius 1 is 0.947 bits per heavy atom. The monoisotopic (exact) mass is 376 g/mol. The molecular formula is C14H25IN4. The molecule has 108 valence electrons. The van der Waals surface area contributed by atoms with Crippen molar-refractivity contribution in [3.8, 4) is 0 Å². The highest BCUT2D eigenvalue weighted by Gasteiger charge is 2.04. The molecule has 0 heterocycles. The van der Waals surface area contributed by atoms with Crippen LogP contribution in [0, 0.1) is 0 Å². The molecule has 0 saturated heterocycles. The Kier molecular flexibility index (Phi) is 8.54. The van der Waals surface area contributed by atoms with Crippen molar-refractivity contribution in [1.82, 2.24) is 9.80 Å². The second kappa shape index (κ2) is 9.01. The number of anilines is 1. The summed E-state index contributed by atoms with van der Waals surface area (Å²) in [6, 6.07) is 10.4. The summed E-state index contributed by atoms with van der Waals surface area (Å²) in [5.41, 5.74) is 1.23. The van der Waals surface area contributed by atoms with Crippen LogP contribution in [-0.2, 0) is 0 Å². The summed E-state index contributed by atoms with van der Waals surface area (Å²) in [7, 11) is 10.1. The zero-order valence-electron chi connectivity index (χ0n) is 12.5. The SMILES string of the molecule is CN(C)C(=NCCN(C)c1ccccc1)N(C)C.I. The summed E-state index contributed by atoms with van der Waals surface area (Å²) in [6.07, 6.45) is 0. The summed E-state index contributed by atoms with van der Waals surface area (Å²) in [5, 5.41) is 0. The predicted molar refractivity (Wildman–Crippen MR) is 94.8 cm³/mol. The van der Waals surface area contributed by atoms with Crippen molar-refractivity contribution in [2.45, 2.75) is 0 Å². The highest BCUT2D eigenvalue weighted by atomic mass is 127. The first-order valence-electron chi connectivity index (χ1n) is 6.17. The summed E-state index contributed by atoms with van der Waals surface area (Å²) in [4.78, 5) is 10.9. The Morgan fingerprint density at radius 2 is 1.47 bits per heavy atom. The van der Waals surface area contributed by atoms with Gasteiger partial charge in [-0.3, -0.25) is 4.99 Å². The molecule has 0 bridgehead atoms. The standard InChI is InChI=1S/C14H24N4.HI/c1-16(2)14(17(3)4)15-11-12-18(5)13-9-7-6-8-10-13;/h6-10H,11-12H2,1-5H3;1H. The summed E-state index contributed by atoms with van der Waals surface area (Å²) < 4.78 is 0. The van der Waals surface area contributed by atoms with Crippen molar-refractivity contribution in [3.05, 3.63) is 30.3 Å². The maximum atomic E-state index is 4.62. The number of hydrogen-bond donors (Lipinski definition) is 0. The van der Waals surface area contributed by atoms with Crippen LogP contribution >= 0.6 is 24.0 Å². The third-order valence-electron chi connectivity index (χ3n) is 2.69. The van der Waals surface area contributed by atoms with Gasteiger partial charge in [0.05, 0.1) is 6.54 Å². The Hall–Kier alpha value is -0.980. The Balaban J connectivity index is 0.00000324. The maximum absolute atomic E-state index is 4.62. The number of rotatable bonds is 4. The van der Waals surface area contributed by atoms with Crippen molar-refractivity contribution in [3.63, 3.8) is 0 Å². The van der Waals surface area contributed by atoms with E-state index in [2.05, 4.69) is 41.2 Å². The Labute approximate surface area is 134 Å². The molecule has 0 saturated carbocycles. The van der Waals surface area contributed by atoms with E-state index < -0.39 is 0 Å². The lowest BCUT2D eigenvalue weighted by Gasteiger charge is -2.23. The van der Waals surface area contributed by atoms with Gasteiger partial charge >= 0.3 is 0 Å². The maximum Gasteiger partial charge on any atom is 0.195 e. The lowest BCUT2D eigenvalue weighted by molar-refractivity contribution is 0.479. The molecule has 0 N–H and O–H groups in total. The number of nitrogens with zero attached hydrogens (tertiary/aromatic N) is 4. The molecule has 1 aromatic rings. The zero-order chi connectivity index (χ0) is 13.5. The van der Waals surface area contributed by atoms with Crippen LogP contribution in [0.5, 0.6) is 0 Å². The van der Waals surface area contributed by atoms with Gasteiger partial charge in [-0.15, -0.1) is 24.0 Å². The van der Waals surface area contributed by atoms with Gasteiger partial charge in [-0.1, -0.05) is 18.2 Å². The second-order valence-electron chi connectivity index (χ2n) is 4.73. The second-order valence-corrected chi connectivity index (χ2v) is 4.73. The van der Waals surface area contributed by atoms with Crippen LogP contribution in [0.2, 0.25) is 0 Å². The van der Waals surface area contributed by atoms with Crippen molar-refractivity contribution < 1.29 is 0 Å². The molecule has 0 aliphatic heterocycles. The normalized spacial score (nSPS) is 9.32. The van der Waals surface area contributed by atoms with Crippen molar-refractivity contribution in [2.75, 3.05) is 53.2 Å². The molecule has 0 atom stereocenters. The average molecular weight is 376 g/mol. The van der Waals surface area contributed by atoms with Gasteiger partial charge in [0.25, 0.3) is 0 Å². The van der Waals surface area contributed by atoms with Gasteiger partial charge in [-0.25, -0.2) is 0 Å². The Bertz CT molecular complexity index is 366. The molecule has 0 radical (unpaired) electrons. The third-order valence-corrected chi connectivity index (χ3v) is 2.69. The molecule has 0 unspecified atom stereocenters. The number of likely N-dealkylation sites (N-methyl/N-ethyl adjacent to an activating group) is 1. The van der Waals surface area contributed by atoms with E-state index in [1.165, 1.54) is 5.69 Å². The van der Waals surface area contributed by atoms with Crippen LogP contribution in [0.1, 0.15) is 0 Å². The molecule has 4 nitrogen and oxygen atoms in total. The van der Waals surface area contributed by atoms with Gasteiger partial charge in [0.1, 0.15) is 0 Å². The predicted octanol–water partition coefficient (Wildman–Crippen LogP) is 2.22. The fourth-order valence-electron chi connectivity index (χ4n) is 1.79. The lowest BCUT2D eigenvalue weighted by atomic mass is 10.3. The Morgan fingerprint density at radius 3 is 1.95 bits per heavy atom. The molecule has 0 amide bonds. The molecule has 1 rings (SSSR count). The molecule has 1 aromatic carbocycles. The molecule has 0 aliphatic carbocycles. The highest BCUT2D eigenvalue weighted by molar-refractivity contribution is 14.0. The topological polar surface area (TPSA) is 22.1 Å². The molecular weight excluding hydrogens is 351 g/mol. The van der Waals surface area contributed by atoms with Crippen LogP contribution in [0.15, 0.2) is 35.3 Å². The number of guanidine groups is 1. The summed E-state index contributed by atoms with van der Waals surface area (Å²) >= 11 is 0. The number of hydrogen-bond acceptors (Lipinski definition) is 2. The summed E-state index contributed by atoms with van der Waals surface area (Å²) in [6.45, 7) is 1.70. The van der Waals surface area contributed by atoms with E-state index in [0.717, 1.165) is 19.0 Å². The third kappa shape index (κ3) is 6.13. The lowest BCUT2D eigenvalue weighted by Crippen LogP contribution is -2.36. The van der Waals surface area contributed by atoms with Crippen molar-refractivity contribution in [1.29, 1.82) is 0 Å². The van der Waals surface area contributed by atoms with E-state index in [4.69, 9.17) is 0 Å². The number of benzene rings is 1. The first-order chi connectivity index (χ1) is 8.52. The van der Waals surface area contributed by atoms with E-state index >= 15 is 0 Å².